The van der Waals surface area contributed by atoms with Gasteiger partial charge in [0.2, 0.25) is 5.91 Å². The number of hydrogen-bond acceptors (Lipinski definition) is 6. The summed E-state index contributed by atoms with van der Waals surface area (Å²) in [5.41, 5.74) is -1.42. The van der Waals surface area contributed by atoms with Crippen LogP contribution in [0.15, 0.2) is 46.0 Å². The maximum atomic E-state index is 14.3. The van der Waals surface area contributed by atoms with Crippen molar-refractivity contribution in [3.8, 4) is 0 Å². The number of benzene rings is 2. The number of fused-ring (bicyclic) bond motifs is 2. The summed E-state index contributed by atoms with van der Waals surface area (Å²) < 4.78 is 72.0. The van der Waals surface area contributed by atoms with E-state index in [9.17, 15) is 26.4 Å². The lowest BCUT2D eigenvalue weighted by atomic mass is 9.83. The summed E-state index contributed by atoms with van der Waals surface area (Å²) in [5.74, 6) is -1.07. The van der Waals surface area contributed by atoms with E-state index in [1.807, 2.05) is 0 Å². The normalized spacial score (nSPS) is 22.7. The molecule has 3 heterocycles. The van der Waals surface area contributed by atoms with Crippen molar-refractivity contribution in [1.29, 1.82) is 0 Å². The summed E-state index contributed by atoms with van der Waals surface area (Å²) in [6.45, 7) is 0.619. The SMILES string of the molecule is CS(=O)(=O)CC(=O)N1CC2(C1)OCc1cc(C3=NOC(c4cc(Cl)cc(Br)c4)(C(F)(F)F)C3)ccc12. The molecule has 13 heteroatoms. The topological polar surface area (TPSA) is 85.3 Å². The molecular formula is C23H19BrClF3N2O5S. The van der Waals surface area contributed by atoms with Gasteiger partial charge in [-0.2, -0.15) is 13.2 Å². The van der Waals surface area contributed by atoms with E-state index in [4.69, 9.17) is 21.2 Å². The fraction of sp³-hybridized carbons (Fsp3) is 0.391. The van der Waals surface area contributed by atoms with Crippen molar-refractivity contribution in [2.24, 2.45) is 5.16 Å². The van der Waals surface area contributed by atoms with Gasteiger partial charge in [-0.05, 0) is 41.0 Å². The summed E-state index contributed by atoms with van der Waals surface area (Å²) in [7, 11) is -3.45. The number of nitrogens with zero attached hydrogens (tertiary/aromatic N) is 2. The maximum absolute atomic E-state index is 14.3. The molecule has 1 fully saturated rings. The molecule has 1 unspecified atom stereocenters. The molecule has 1 atom stereocenters. The van der Waals surface area contributed by atoms with Gasteiger partial charge >= 0.3 is 6.18 Å². The van der Waals surface area contributed by atoms with Crippen LogP contribution in [-0.2, 0) is 42.0 Å². The third-order valence-electron chi connectivity index (χ3n) is 6.58. The molecule has 3 aliphatic rings. The Kier molecular flexibility index (Phi) is 5.98. The summed E-state index contributed by atoms with van der Waals surface area (Å²) in [6, 6.07) is 9.13. The molecule has 0 aliphatic carbocycles. The van der Waals surface area contributed by atoms with Gasteiger partial charge in [-0.15, -0.1) is 0 Å². The van der Waals surface area contributed by atoms with Gasteiger partial charge in [0.05, 0.1) is 25.4 Å². The number of ether oxygens (including phenoxy) is 1. The van der Waals surface area contributed by atoms with Crippen LogP contribution >= 0.6 is 27.5 Å². The van der Waals surface area contributed by atoms with Gasteiger partial charge in [-0.3, -0.25) is 4.79 Å². The van der Waals surface area contributed by atoms with Crippen molar-refractivity contribution < 1.29 is 36.0 Å². The van der Waals surface area contributed by atoms with Gasteiger partial charge in [0.15, 0.2) is 9.84 Å². The lowest BCUT2D eigenvalue weighted by molar-refractivity contribution is -0.275. The van der Waals surface area contributed by atoms with Crippen LogP contribution in [0.3, 0.4) is 0 Å². The summed E-state index contributed by atoms with van der Waals surface area (Å²) in [5, 5.41) is 3.94. The van der Waals surface area contributed by atoms with Crippen molar-refractivity contribution in [1.82, 2.24) is 4.90 Å². The number of likely N-dealkylation sites (tertiary alicyclic amines) is 1. The number of carbonyl (C=O) groups excluding carboxylic acids is 1. The van der Waals surface area contributed by atoms with E-state index in [0.29, 0.717) is 10.0 Å². The Morgan fingerprint density at radius 2 is 1.94 bits per heavy atom. The number of oxime groups is 1. The van der Waals surface area contributed by atoms with E-state index < -0.39 is 45.3 Å². The first-order valence-electron chi connectivity index (χ1n) is 10.7. The zero-order chi connectivity index (χ0) is 26.1. The van der Waals surface area contributed by atoms with Gasteiger partial charge in [0.1, 0.15) is 11.4 Å². The summed E-state index contributed by atoms with van der Waals surface area (Å²) in [6.07, 6.45) is -4.31. The predicted molar refractivity (Wildman–Crippen MR) is 128 cm³/mol. The van der Waals surface area contributed by atoms with E-state index in [1.54, 1.807) is 18.2 Å². The minimum Gasteiger partial charge on any atom is -0.374 e. The van der Waals surface area contributed by atoms with Crippen molar-refractivity contribution in [3.63, 3.8) is 0 Å². The van der Waals surface area contributed by atoms with Crippen molar-refractivity contribution in [3.05, 3.63) is 68.1 Å². The van der Waals surface area contributed by atoms with E-state index in [1.165, 1.54) is 23.1 Å². The lowest BCUT2D eigenvalue weighted by Gasteiger charge is -2.47. The average Bonchev–Trinajstić information content (AvgIpc) is 3.33. The minimum atomic E-state index is -4.76. The van der Waals surface area contributed by atoms with E-state index in [2.05, 4.69) is 21.1 Å². The summed E-state index contributed by atoms with van der Waals surface area (Å²) >= 11 is 9.19. The quantitative estimate of drug-likeness (QED) is 0.518. The van der Waals surface area contributed by atoms with Crippen LogP contribution in [0.2, 0.25) is 5.02 Å². The molecule has 2 aromatic rings. The number of sulfone groups is 1. The van der Waals surface area contributed by atoms with E-state index >= 15 is 0 Å². The molecule has 1 spiro atoms. The number of alkyl halides is 3. The number of amides is 1. The Hall–Kier alpha value is -2.15. The minimum absolute atomic E-state index is 0.129. The fourth-order valence-electron chi connectivity index (χ4n) is 4.80. The highest BCUT2D eigenvalue weighted by molar-refractivity contribution is 9.10. The van der Waals surface area contributed by atoms with Crippen molar-refractivity contribution in [2.45, 2.75) is 30.4 Å². The molecule has 0 radical (unpaired) electrons. The molecule has 36 heavy (non-hydrogen) atoms. The maximum Gasteiger partial charge on any atom is 0.435 e. The second-order valence-corrected chi connectivity index (χ2v) is 12.8. The first-order chi connectivity index (χ1) is 16.7. The number of rotatable bonds is 4. The van der Waals surface area contributed by atoms with E-state index in [-0.39, 0.29) is 36.0 Å². The van der Waals surface area contributed by atoms with Crippen molar-refractivity contribution >= 4 is 49.0 Å². The molecule has 1 saturated heterocycles. The van der Waals surface area contributed by atoms with Crippen LogP contribution in [-0.4, -0.2) is 56.2 Å². The Morgan fingerprint density at radius 3 is 2.58 bits per heavy atom. The largest absolute Gasteiger partial charge is 0.435 e. The third-order valence-corrected chi connectivity index (χ3v) is 8.03. The highest BCUT2D eigenvalue weighted by Crippen LogP contribution is 2.50. The molecule has 3 aliphatic heterocycles. The molecule has 0 aromatic heterocycles. The molecule has 0 N–H and O–H groups in total. The standard InChI is InChI=1S/C23H19BrClF3N2O5S/c1-36(32,33)10-20(31)30-11-21(12-30)18-3-2-13(4-14(18)9-34-21)19-8-22(35-29-19,23(26,27)28)15-5-16(24)7-17(25)6-15/h2-7H,8-12H2,1H3. The van der Waals surface area contributed by atoms with Crippen LogP contribution in [0.25, 0.3) is 0 Å². The first-order valence-corrected chi connectivity index (χ1v) is 14.0. The van der Waals surface area contributed by atoms with Crippen LogP contribution < -0.4 is 0 Å². The van der Waals surface area contributed by atoms with Gasteiger partial charge < -0.3 is 14.5 Å². The molecule has 7 nitrogen and oxygen atoms in total. The molecule has 192 valence electrons. The van der Waals surface area contributed by atoms with Crippen LogP contribution in [0, 0.1) is 0 Å². The first kappa shape index (κ1) is 25.5. The second kappa shape index (κ2) is 8.44. The number of carbonyl (C=O) groups is 1. The molecule has 2 aromatic carbocycles. The van der Waals surface area contributed by atoms with Gasteiger partial charge in [-0.25, -0.2) is 8.42 Å². The number of halogens is 5. The highest BCUT2D eigenvalue weighted by atomic mass is 79.9. The monoisotopic (exact) mass is 606 g/mol. The molecule has 5 rings (SSSR count). The Balaban J connectivity index is 1.37. The number of hydrogen-bond donors (Lipinski definition) is 0. The van der Waals surface area contributed by atoms with Crippen LogP contribution in [0.1, 0.15) is 28.7 Å². The van der Waals surface area contributed by atoms with E-state index in [0.717, 1.165) is 17.4 Å². The molecule has 0 saturated carbocycles. The third kappa shape index (κ3) is 4.31. The Morgan fingerprint density at radius 1 is 1.22 bits per heavy atom. The predicted octanol–water partition coefficient (Wildman–Crippen LogP) is 4.30. The van der Waals surface area contributed by atoms with Gasteiger partial charge in [0.25, 0.3) is 5.60 Å². The molecule has 0 bridgehead atoms. The second-order valence-electron chi connectivity index (χ2n) is 9.26. The molecule has 1 amide bonds. The Bertz CT molecular complexity index is 1390. The zero-order valence-corrected chi connectivity index (χ0v) is 21.9. The average molecular weight is 608 g/mol. The van der Waals surface area contributed by atoms with Crippen LogP contribution in [0.5, 0.6) is 0 Å². The zero-order valence-electron chi connectivity index (χ0n) is 18.7. The van der Waals surface area contributed by atoms with Gasteiger partial charge in [-0.1, -0.05) is 44.8 Å². The Labute approximate surface area is 218 Å². The molecular weight excluding hydrogens is 589 g/mol. The smallest absolute Gasteiger partial charge is 0.374 e. The van der Waals surface area contributed by atoms with Gasteiger partial charge in [0, 0.05) is 27.7 Å². The summed E-state index contributed by atoms with van der Waals surface area (Å²) in [4.78, 5) is 18.7. The lowest BCUT2D eigenvalue weighted by Crippen LogP contribution is -2.62. The van der Waals surface area contributed by atoms with Crippen LogP contribution in [0.4, 0.5) is 13.2 Å². The fourth-order valence-corrected chi connectivity index (χ4v) is 6.29. The van der Waals surface area contributed by atoms with Crippen molar-refractivity contribution in [2.75, 3.05) is 25.1 Å². The highest BCUT2D eigenvalue weighted by Gasteiger charge is 2.62.